The molecule has 1 unspecified atom stereocenters. The van der Waals surface area contributed by atoms with Gasteiger partial charge in [0.1, 0.15) is 0 Å². The van der Waals surface area contributed by atoms with Gasteiger partial charge in [-0.2, -0.15) is 0 Å². The first kappa shape index (κ1) is 11.6. The first-order valence-corrected chi connectivity index (χ1v) is 7.22. The van der Waals surface area contributed by atoms with Crippen LogP contribution in [0.15, 0.2) is 15.9 Å². The van der Waals surface area contributed by atoms with E-state index >= 15 is 0 Å². The molecule has 1 aromatic heterocycles. The minimum absolute atomic E-state index is 0.351. The van der Waals surface area contributed by atoms with Crippen LogP contribution in [-0.4, -0.2) is 12.1 Å². The average molecular weight is 288 g/mol. The molecule has 0 aromatic carbocycles. The molecule has 1 nitrogen and oxygen atoms in total. The fourth-order valence-electron chi connectivity index (χ4n) is 2.44. The van der Waals surface area contributed by atoms with Crippen molar-refractivity contribution in [2.75, 3.05) is 6.54 Å². The number of halogens is 1. The highest BCUT2D eigenvalue weighted by atomic mass is 79.9. The molecular formula is C12H18BrNS. The number of rotatable bonds is 3. The minimum Gasteiger partial charge on any atom is -0.311 e. The second-order valence-electron chi connectivity index (χ2n) is 4.72. The van der Waals surface area contributed by atoms with Crippen LogP contribution in [0.2, 0.25) is 0 Å². The SMILES string of the molecule is CC(C)C1(Cc2ccc(Br)s2)CCCN1. The van der Waals surface area contributed by atoms with E-state index in [1.165, 1.54) is 34.5 Å². The number of hydrogen-bond donors (Lipinski definition) is 1. The fraction of sp³-hybridized carbons (Fsp3) is 0.667. The maximum absolute atomic E-state index is 3.72. The first-order valence-electron chi connectivity index (χ1n) is 5.62. The molecule has 1 saturated heterocycles. The van der Waals surface area contributed by atoms with Gasteiger partial charge in [0.15, 0.2) is 0 Å². The lowest BCUT2D eigenvalue weighted by molar-refractivity contribution is 0.271. The van der Waals surface area contributed by atoms with Crippen molar-refractivity contribution in [3.8, 4) is 0 Å². The van der Waals surface area contributed by atoms with Crippen LogP contribution in [0, 0.1) is 5.92 Å². The summed E-state index contributed by atoms with van der Waals surface area (Å²) in [5.41, 5.74) is 0.351. The van der Waals surface area contributed by atoms with Gasteiger partial charge in [-0.15, -0.1) is 11.3 Å². The molecule has 2 heterocycles. The van der Waals surface area contributed by atoms with Crippen LogP contribution in [0.4, 0.5) is 0 Å². The van der Waals surface area contributed by atoms with Gasteiger partial charge in [0.2, 0.25) is 0 Å². The molecule has 0 spiro atoms. The monoisotopic (exact) mass is 287 g/mol. The van der Waals surface area contributed by atoms with E-state index in [9.17, 15) is 0 Å². The quantitative estimate of drug-likeness (QED) is 0.891. The van der Waals surface area contributed by atoms with Crippen LogP contribution in [0.3, 0.4) is 0 Å². The third-order valence-corrected chi connectivity index (χ3v) is 5.12. The predicted octanol–water partition coefficient (Wildman–Crippen LogP) is 3.83. The third-order valence-electron chi connectivity index (χ3n) is 3.50. The van der Waals surface area contributed by atoms with Crippen molar-refractivity contribution in [1.82, 2.24) is 5.32 Å². The summed E-state index contributed by atoms with van der Waals surface area (Å²) in [6.45, 7) is 5.85. The van der Waals surface area contributed by atoms with Gasteiger partial charge in [-0.1, -0.05) is 13.8 Å². The molecule has 1 N–H and O–H groups in total. The highest BCUT2D eigenvalue weighted by molar-refractivity contribution is 9.11. The smallest absolute Gasteiger partial charge is 0.0701 e. The molecule has 1 aliphatic heterocycles. The first-order chi connectivity index (χ1) is 7.12. The molecule has 3 heteroatoms. The summed E-state index contributed by atoms with van der Waals surface area (Å²) >= 11 is 5.40. The van der Waals surface area contributed by atoms with E-state index in [-0.39, 0.29) is 0 Å². The lowest BCUT2D eigenvalue weighted by Crippen LogP contribution is -2.46. The molecule has 1 aliphatic rings. The van der Waals surface area contributed by atoms with Crippen LogP contribution < -0.4 is 5.32 Å². The summed E-state index contributed by atoms with van der Waals surface area (Å²) in [4.78, 5) is 1.49. The number of hydrogen-bond acceptors (Lipinski definition) is 2. The van der Waals surface area contributed by atoms with Gasteiger partial charge in [-0.3, -0.25) is 0 Å². The lowest BCUT2D eigenvalue weighted by atomic mass is 9.81. The maximum Gasteiger partial charge on any atom is 0.0701 e. The Morgan fingerprint density at radius 3 is 2.80 bits per heavy atom. The summed E-state index contributed by atoms with van der Waals surface area (Å²) < 4.78 is 1.24. The molecule has 1 atom stereocenters. The Morgan fingerprint density at radius 2 is 2.33 bits per heavy atom. The van der Waals surface area contributed by atoms with Crippen molar-refractivity contribution in [3.63, 3.8) is 0 Å². The molecular weight excluding hydrogens is 270 g/mol. The highest BCUT2D eigenvalue weighted by Crippen LogP contribution is 2.34. The Bertz CT molecular complexity index is 326. The fourth-order valence-corrected chi connectivity index (χ4v) is 4.04. The normalized spacial score (nSPS) is 26.4. The van der Waals surface area contributed by atoms with E-state index in [2.05, 4.69) is 47.2 Å². The molecule has 0 bridgehead atoms. The number of nitrogens with one attached hydrogen (secondary N) is 1. The van der Waals surface area contributed by atoms with Gasteiger partial charge in [0.25, 0.3) is 0 Å². The Hall–Kier alpha value is 0.140. The predicted molar refractivity (Wildman–Crippen MR) is 70.5 cm³/mol. The second-order valence-corrected chi connectivity index (χ2v) is 7.27. The Morgan fingerprint density at radius 1 is 1.53 bits per heavy atom. The minimum atomic E-state index is 0.351. The van der Waals surface area contributed by atoms with E-state index < -0.39 is 0 Å². The van der Waals surface area contributed by atoms with Gasteiger partial charge >= 0.3 is 0 Å². The molecule has 0 saturated carbocycles. The van der Waals surface area contributed by atoms with Crippen molar-refractivity contribution >= 4 is 27.3 Å². The third kappa shape index (κ3) is 2.45. The average Bonchev–Trinajstić information content (AvgIpc) is 2.77. The van der Waals surface area contributed by atoms with E-state index in [0.717, 1.165) is 0 Å². The van der Waals surface area contributed by atoms with Crippen molar-refractivity contribution < 1.29 is 0 Å². The van der Waals surface area contributed by atoms with E-state index in [1.807, 2.05) is 11.3 Å². The van der Waals surface area contributed by atoms with E-state index in [0.29, 0.717) is 11.5 Å². The lowest BCUT2D eigenvalue weighted by Gasteiger charge is -2.33. The molecule has 84 valence electrons. The zero-order valence-electron chi connectivity index (χ0n) is 9.35. The van der Waals surface area contributed by atoms with Crippen molar-refractivity contribution in [2.24, 2.45) is 5.92 Å². The number of thiophene rings is 1. The van der Waals surface area contributed by atoms with Crippen LogP contribution in [0.25, 0.3) is 0 Å². The molecule has 15 heavy (non-hydrogen) atoms. The van der Waals surface area contributed by atoms with Gasteiger partial charge in [-0.05, 0) is 53.4 Å². The molecule has 0 aliphatic carbocycles. The summed E-state index contributed by atoms with van der Waals surface area (Å²) in [5, 5.41) is 3.72. The molecule has 0 amide bonds. The van der Waals surface area contributed by atoms with E-state index in [1.54, 1.807) is 0 Å². The summed E-state index contributed by atoms with van der Waals surface area (Å²) in [6, 6.07) is 4.40. The standard InChI is InChI=1S/C12H18BrNS/c1-9(2)12(6-3-7-14-12)8-10-4-5-11(13)15-10/h4-5,9,14H,3,6-8H2,1-2H3. The summed E-state index contributed by atoms with van der Waals surface area (Å²) in [7, 11) is 0. The highest BCUT2D eigenvalue weighted by Gasteiger charge is 2.36. The van der Waals surface area contributed by atoms with Gasteiger partial charge in [0.05, 0.1) is 3.79 Å². The molecule has 1 fully saturated rings. The summed E-state index contributed by atoms with van der Waals surface area (Å²) in [5.74, 6) is 0.709. The van der Waals surface area contributed by atoms with Crippen LogP contribution in [0.5, 0.6) is 0 Å². The van der Waals surface area contributed by atoms with E-state index in [4.69, 9.17) is 0 Å². The molecule has 0 radical (unpaired) electrons. The van der Waals surface area contributed by atoms with Crippen molar-refractivity contribution in [2.45, 2.75) is 38.6 Å². The molecule has 1 aromatic rings. The van der Waals surface area contributed by atoms with Crippen LogP contribution >= 0.6 is 27.3 Å². The zero-order valence-corrected chi connectivity index (χ0v) is 11.7. The largest absolute Gasteiger partial charge is 0.311 e. The van der Waals surface area contributed by atoms with Gasteiger partial charge < -0.3 is 5.32 Å². The van der Waals surface area contributed by atoms with Crippen molar-refractivity contribution in [3.05, 3.63) is 20.8 Å². The summed E-state index contributed by atoms with van der Waals surface area (Å²) in [6.07, 6.45) is 3.83. The zero-order chi connectivity index (χ0) is 10.9. The van der Waals surface area contributed by atoms with Gasteiger partial charge in [0, 0.05) is 16.8 Å². The van der Waals surface area contributed by atoms with Gasteiger partial charge in [-0.25, -0.2) is 0 Å². The Kier molecular flexibility index (Phi) is 3.53. The molecule has 2 rings (SSSR count). The van der Waals surface area contributed by atoms with Crippen LogP contribution in [0.1, 0.15) is 31.6 Å². The topological polar surface area (TPSA) is 12.0 Å². The maximum atomic E-state index is 3.72. The van der Waals surface area contributed by atoms with Crippen molar-refractivity contribution in [1.29, 1.82) is 0 Å². The Balaban J connectivity index is 2.13. The second kappa shape index (κ2) is 4.56. The van der Waals surface area contributed by atoms with Crippen LogP contribution in [-0.2, 0) is 6.42 Å². The Labute approximate surface area is 104 Å².